The Hall–Kier alpha value is -2.63. The summed E-state index contributed by atoms with van der Waals surface area (Å²) in [6, 6.07) is 8.61. The molecule has 1 heterocycles. The average molecular weight is 246 g/mol. The van der Waals surface area contributed by atoms with Crippen LogP contribution in [0.4, 0.5) is 21.6 Å². The largest absolute Gasteiger partial charge is 0.399 e. The fourth-order valence-electron chi connectivity index (χ4n) is 1.47. The first-order valence-electron chi connectivity index (χ1n) is 5.14. The molecule has 1 aromatic heterocycles. The summed E-state index contributed by atoms with van der Waals surface area (Å²) in [5.74, 6) is -0.993. The normalized spacial score (nSPS) is 10.1. The molecule has 92 valence electrons. The third-order valence-electron chi connectivity index (χ3n) is 2.20. The summed E-state index contributed by atoms with van der Waals surface area (Å²) in [6.45, 7) is 0. The summed E-state index contributed by atoms with van der Waals surface area (Å²) < 4.78 is 12.8. The van der Waals surface area contributed by atoms with Crippen molar-refractivity contribution in [3.8, 4) is 0 Å². The zero-order valence-electron chi connectivity index (χ0n) is 9.35. The second-order valence-corrected chi connectivity index (χ2v) is 3.69. The zero-order chi connectivity index (χ0) is 13.1. The van der Waals surface area contributed by atoms with E-state index in [-0.39, 0.29) is 5.82 Å². The van der Waals surface area contributed by atoms with E-state index in [4.69, 9.17) is 11.5 Å². The maximum atomic E-state index is 12.8. The van der Waals surface area contributed by atoms with Gasteiger partial charge in [0.25, 0.3) is 5.91 Å². The second-order valence-electron chi connectivity index (χ2n) is 3.69. The van der Waals surface area contributed by atoms with Crippen molar-refractivity contribution in [1.82, 2.24) is 4.98 Å². The van der Waals surface area contributed by atoms with Crippen LogP contribution in [0.3, 0.4) is 0 Å². The Morgan fingerprint density at radius 3 is 2.44 bits per heavy atom. The number of anilines is 3. The molecule has 18 heavy (non-hydrogen) atoms. The maximum Gasteiger partial charge on any atom is 0.256 e. The maximum absolute atomic E-state index is 12.8. The van der Waals surface area contributed by atoms with Crippen molar-refractivity contribution >= 4 is 23.1 Å². The molecule has 6 heteroatoms. The Bertz CT molecular complexity index is 580. The number of nitrogens with one attached hydrogen (secondary N) is 1. The number of rotatable bonds is 2. The summed E-state index contributed by atoms with van der Waals surface area (Å²) in [5, 5.41) is 2.45. The summed E-state index contributed by atoms with van der Waals surface area (Å²) >= 11 is 0. The molecule has 0 spiro atoms. The highest BCUT2D eigenvalue weighted by molar-refractivity contribution is 6.04. The van der Waals surface area contributed by atoms with Crippen LogP contribution >= 0.6 is 0 Å². The van der Waals surface area contributed by atoms with Crippen molar-refractivity contribution < 1.29 is 9.18 Å². The second kappa shape index (κ2) is 4.70. The van der Waals surface area contributed by atoms with E-state index in [9.17, 15) is 9.18 Å². The molecule has 0 aliphatic heterocycles. The number of pyridine rings is 1. The van der Waals surface area contributed by atoms with Gasteiger partial charge in [-0.1, -0.05) is 6.07 Å². The Morgan fingerprint density at radius 2 is 1.83 bits per heavy atom. The van der Waals surface area contributed by atoms with Gasteiger partial charge in [0.15, 0.2) is 0 Å². The van der Waals surface area contributed by atoms with E-state index in [1.54, 1.807) is 0 Å². The standard InChI is InChI=1S/C12H11FN4O/c13-10-2-1-3-11(16-10)17-12(18)7-4-8(14)6-9(15)5-7/h1-6H,14-15H2,(H,16,17,18). The smallest absolute Gasteiger partial charge is 0.256 e. The molecular weight excluding hydrogens is 235 g/mol. The Balaban J connectivity index is 2.22. The van der Waals surface area contributed by atoms with Gasteiger partial charge < -0.3 is 16.8 Å². The molecule has 5 nitrogen and oxygen atoms in total. The fraction of sp³-hybridized carbons (Fsp3) is 0. The number of benzene rings is 1. The van der Waals surface area contributed by atoms with Crippen LogP contribution < -0.4 is 16.8 Å². The van der Waals surface area contributed by atoms with Crippen molar-refractivity contribution in [2.45, 2.75) is 0 Å². The van der Waals surface area contributed by atoms with E-state index < -0.39 is 11.9 Å². The van der Waals surface area contributed by atoms with Crippen molar-refractivity contribution in [2.24, 2.45) is 0 Å². The van der Waals surface area contributed by atoms with Gasteiger partial charge in [-0.25, -0.2) is 4.98 Å². The topological polar surface area (TPSA) is 94.0 Å². The predicted molar refractivity (Wildman–Crippen MR) is 67.4 cm³/mol. The first-order chi connectivity index (χ1) is 8.54. The highest BCUT2D eigenvalue weighted by Gasteiger charge is 2.08. The number of nitrogens with two attached hydrogens (primary N) is 2. The molecule has 0 saturated carbocycles. The van der Waals surface area contributed by atoms with Crippen LogP contribution in [0.1, 0.15) is 10.4 Å². The molecule has 0 aliphatic carbocycles. The van der Waals surface area contributed by atoms with Gasteiger partial charge in [-0.05, 0) is 30.3 Å². The van der Waals surface area contributed by atoms with Gasteiger partial charge in [0.2, 0.25) is 5.95 Å². The van der Waals surface area contributed by atoms with Crippen LogP contribution in [0, 0.1) is 5.95 Å². The van der Waals surface area contributed by atoms with Gasteiger partial charge in [-0.2, -0.15) is 4.39 Å². The van der Waals surface area contributed by atoms with Gasteiger partial charge >= 0.3 is 0 Å². The van der Waals surface area contributed by atoms with Gasteiger partial charge in [-0.3, -0.25) is 4.79 Å². The summed E-state index contributed by atoms with van der Waals surface area (Å²) in [5.41, 5.74) is 12.2. The Labute approximate surface area is 103 Å². The van der Waals surface area contributed by atoms with Crippen molar-refractivity contribution in [1.29, 1.82) is 0 Å². The molecule has 1 amide bonds. The molecule has 0 atom stereocenters. The van der Waals surface area contributed by atoms with Crippen LogP contribution in [0.2, 0.25) is 0 Å². The Kier molecular flexibility index (Phi) is 3.09. The highest BCUT2D eigenvalue weighted by Crippen LogP contribution is 2.15. The lowest BCUT2D eigenvalue weighted by molar-refractivity contribution is 0.102. The molecule has 0 unspecified atom stereocenters. The molecular formula is C12H11FN4O. The zero-order valence-corrected chi connectivity index (χ0v) is 9.35. The minimum atomic E-state index is -0.667. The minimum absolute atomic E-state index is 0.126. The van der Waals surface area contributed by atoms with Crippen LogP contribution in [-0.2, 0) is 0 Å². The monoisotopic (exact) mass is 246 g/mol. The van der Waals surface area contributed by atoms with Crippen molar-refractivity contribution in [3.05, 3.63) is 47.9 Å². The summed E-state index contributed by atoms with van der Waals surface area (Å²) in [4.78, 5) is 15.4. The summed E-state index contributed by atoms with van der Waals surface area (Å²) in [6.07, 6.45) is 0. The fourth-order valence-corrected chi connectivity index (χ4v) is 1.47. The highest BCUT2D eigenvalue weighted by atomic mass is 19.1. The van der Waals surface area contributed by atoms with E-state index in [0.717, 1.165) is 0 Å². The van der Waals surface area contributed by atoms with Crippen LogP contribution in [0.25, 0.3) is 0 Å². The predicted octanol–water partition coefficient (Wildman–Crippen LogP) is 1.64. The minimum Gasteiger partial charge on any atom is -0.399 e. The third-order valence-corrected chi connectivity index (χ3v) is 2.20. The average Bonchev–Trinajstić information content (AvgIpc) is 2.27. The van der Waals surface area contributed by atoms with Crippen molar-refractivity contribution in [2.75, 3.05) is 16.8 Å². The number of nitrogens with zero attached hydrogens (tertiary/aromatic N) is 1. The Morgan fingerprint density at radius 1 is 1.17 bits per heavy atom. The first kappa shape index (κ1) is 11.8. The number of amides is 1. The lowest BCUT2D eigenvalue weighted by Gasteiger charge is -2.06. The number of carbonyl (C=O) groups excluding carboxylic acids is 1. The number of aromatic nitrogens is 1. The lowest BCUT2D eigenvalue weighted by Crippen LogP contribution is -2.14. The molecule has 0 bridgehead atoms. The van der Waals surface area contributed by atoms with E-state index >= 15 is 0 Å². The molecule has 2 rings (SSSR count). The number of hydrogen-bond donors (Lipinski definition) is 3. The van der Waals surface area contributed by atoms with E-state index in [0.29, 0.717) is 16.9 Å². The van der Waals surface area contributed by atoms with Gasteiger partial charge in [0.1, 0.15) is 5.82 Å². The summed E-state index contributed by atoms with van der Waals surface area (Å²) in [7, 11) is 0. The van der Waals surface area contributed by atoms with Crippen molar-refractivity contribution in [3.63, 3.8) is 0 Å². The SMILES string of the molecule is Nc1cc(N)cc(C(=O)Nc2cccc(F)n2)c1. The van der Waals surface area contributed by atoms with E-state index in [1.165, 1.54) is 36.4 Å². The van der Waals surface area contributed by atoms with E-state index in [1.807, 2.05) is 0 Å². The van der Waals surface area contributed by atoms with Crippen LogP contribution in [0.5, 0.6) is 0 Å². The number of carbonyl (C=O) groups is 1. The molecule has 5 N–H and O–H groups in total. The number of nitrogen functional groups attached to an aromatic ring is 2. The number of halogens is 1. The van der Waals surface area contributed by atoms with Gasteiger partial charge in [-0.15, -0.1) is 0 Å². The molecule has 2 aromatic rings. The van der Waals surface area contributed by atoms with Crippen LogP contribution in [-0.4, -0.2) is 10.9 Å². The first-order valence-corrected chi connectivity index (χ1v) is 5.14. The molecule has 0 aliphatic rings. The van der Waals surface area contributed by atoms with E-state index in [2.05, 4.69) is 10.3 Å². The molecule has 0 radical (unpaired) electrons. The third kappa shape index (κ3) is 2.73. The lowest BCUT2D eigenvalue weighted by atomic mass is 10.1. The molecule has 1 aromatic carbocycles. The molecule has 0 fully saturated rings. The van der Waals surface area contributed by atoms with Gasteiger partial charge in [0.05, 0.1) is 0 Å². The van der Waals surface area contributed by atoms with Crippen LogP contribution in [0.15, 0.2) is 36.4 Å². The number of hydrogen-bond acceptors (Lipinski definition) is 4. The molecule has 0 saturated heterocycles. The quantitative estimate of drug-likeness (QED) is 0.554. The van der Waals surface area contributed by atoms with Gasteiger partial charge in [0, 0.05) is 16.9 Å².